The standard InChI is InChI=1S/C19H20N4O4/c24-11-18(26)21-9-12-5-6-20-13(7-12)10-22-19(27)15-8-17(25)23-16-4-2-1-3-14(15)16/h1-7,15,24H,8-11H2,(H,21,26)(H,22,27)(H,23,25). The van der Waals surface area contributed by atoms with Crippen LogP contribution in [0.25, 0.3) is 0 Å². The molecule has 0 saturated heterocycles. The molecule has 0 aliphatic carbocycles. The summed E-state index contributed by atoms with van der Waals surface area (Å²) in [4.78, 5) is 39.8. The lowest BCUT2D eigenvalue weighted by molar-refractivity contribution is -0.126. The lowest BCUT2D eigenvalue weighted by Crippen LogP contribution is -2.34. The minimum Gasteiger partial charge on any atom is -0.387 e. The SMILES string of the molecule is O=C(CO)NCc1ccnc(CNC(=O)C2CC(=O)Nc3ccccc32)c1. The van der Waals surface area contributed by atoms with E-state index in [1.54, 1.807) is 24.4 Å². The van der Waals surface area contributed by atoms with Crippen molar-refractivity contribution in [3.05, 3.63) is 59.4 Å². The van der Waals surface area contributed by atoms with E-state index in [0.717, 1.165) is 11.1 Å². The van der Waals surface area contributed by atoms with E-state index < -0.39 is 18.4 Å². The number of anilines is 1. The molecule has 2 heterocycles. The summed E-state index contributed by atoms with van der Waals surface area (Å²) in [5.41, 5.74) is 2.89. The first-order chi connectivity index (χ1) is 13.1. The van der Waals surface area contributed by atoms with Crippen LogP contribution in [0.1, 0.15) is 29.2 Å². The van der Waals surface area contributed by atoms with Gasteiger partial charge in [-0.15, -0.1) is 0 Å². The molecule has 1 atom stereocenters. The van der Waals surface area contributed by atoms with E-state index in [0.29, 0.717) is 11.4 Å². The van der Waals surface area contributed by atoms with Crippen molar-refractivity contribution in [1.82, 2.24) is 15.6 Å². The highest BCUT2D eigenvalue weighted by atomic mass is 16.3. The summed E-state index contributed by atoms with van der Waals surface area (Å²) in [5, 5.41) is 16.9. The Bertz CT molecular complexity index is 868. The first-order valence-electron chi connectivity index (χ1n) is 8.54. The van der Waals surface area contributed by atoms with Gasteiger partial charge >= 0.3 is 0 Å². The maximum atomic E-state index is 12.6. The molecule has 1 aliphatic rings. The van der Waals surface area contributed by atoms with Crippen LogP contribution in [0.5, 0.6) is 0 Å². The van der Waals surface area contributed by atoms with Gasteiger partial charge in [0.15, 0.2) is 0 Å². The highest BCUT2D eigenvalue weighted by Crippen LogP contribution is 2.31. The summed E-state index contributed by atoms with van der Waals surface area (Å²) in [7, 11) is 0. The summed E-state index contributed by atoms with van der Waals surface area (Å²) in [6.07, 6.45) is 1.69. The van der Waals surface area contributed by atoms with Crippen LogP contribution in [0.3, 0.4) is 0 Å². The zero-order valence-electron chi connectivity index (χ0n) is 14.6. The van der Waals surface area contributed by atoms with Gasteiger partial charge in [0, 0.05) is 24.8 Å². The molecule has 0 fully saturated rings. The molecule has 1 unspecified atom stereocenters. The molecule has 2 aromatic rings. The van der Waals surface area contributed by atoms with Crippen LogP contribution in [0.2, 0.25) is 0 Å². The highest BCUT2D eigenvalue weighted by molar-refractivity contribution is 6.01. The highest BCUT2D eigenvalue weighted by Gasteiger charge is 2.30. The van der Waals surface area contributed by atoms with Gasteiger partial charge in [-0.25, -0.2) is 0 Å². The number of hydrogen-bond donors (Lipinski definition) is 4. The second-order valence-electron chi connectivity index (χ2n) is 6.20. The van der Waals surface area contributed by atoms with E-state index in [9.17, 15) is 14.4 Å². The molecule has 0 radical (unpaired) electrons. The number of aromatic nitrogens is 1. The topological polar surface area (TPSA) is 120 Å². The zero-order chi connectivity index (χ0) is 19.2. The van der Waals surface area contributed by atoms with E-state index in [1.807, 2.05) is 18.2 Å². The molecule has 1 aromatic carbocycles. The number of carbonyl (C=O) groups is 3. The number of nitrogens with zero attached hydrogens (tertiary/aromatic N) is 1. The van der Waals surface area contributed by atoms with Gasteiger partial charge in [-0.2, -0.15) is 0 Å². The number of fused-ring (bicyclic) bond motifs is 1. The fourth-order valence-corrected chi connectivity index (χ4v) is 2.94. The summed E-state index contributed by atoms with van der Waals surface area (Å²) >= 11 is 0. The van der Waals surface area contributed by atoms with Crippen molar-refractivity contribution in [1.29, 1.82) is 0 Å². The number of para-hydroxylation sites is 1. The fraction of sp³-hybridized carbons (Fsp3) is 0.263. The quantitative estimate of drug-likeness (QED) is 0.589. The molecule has 0 bridgehead atoms. The second kappa shape index (κ2) is 8.41. The Kier molecular flexibility index (Phi) is 5.77. The van der Waals surface area contributed by atoms with Gasteiger partial charge < -0.3 is 21.1 Å². The first-order valence-corrected chi connectivity index (χ1v) is 8.54. The predicted octanol–water partition coefficient (Wildman–Crippen LogP) is 0.432. The number of rotatable bonds is 6. The second-order valence-corrected chi connectivity index (χ2v) is 6.20. The molecule has 0 spiro atoms. The third-order valence-corrected chi connectivity index (χ3v) is 4.27. The molecule has 4 N–H and O–H groups in total. The number of aliphatic hydroxyl groups excluding tert-OH is 1. The average molecular weight is 368 g/mol. The molecule has 27 heavy (non-hydrogen) atoms. The summed E-state index contributed by atoms with van der Waals surface area (Å²) < 4.78 is 0. The predicted molar refractivity (Wildman–Crippen MR) is 97.4 cm³/mol. The van der Waals surface area contributed by atoms with E-state index in [1.165, 1.54) is 0 Å². The summed E-state index contributed by atoms with van der Waals surface area (Å²) in [6, 6.07) is 10.8. The molecule has 8 heteroatoms. The van der Waals surface area contributed by atoms with Gasteiger partial charge in [0.25, 0.3) is 0 Å². The van der Waals surface area contributed by atoms with E-state index in [2.05, 4.69) is 20.9 Å². The number of nitrogens with one attached hydrogen (secondary N) is 3. The maximum Gasteiger partial charge on any atom is 0.245 e. The maximum absolute atomic E-state index is 12.6. The third kappa shape index (κ3) is 4.68. The van der Waals surface area contributed by atoms with Crippen LogP contribution in [0.4, 0.5) is 5.69 Å². The average Bonchev–Trinajstić information content (AvgIpc) is 2.69. The third-order valence-electron chi connectivity index (χ3n) is 4.27. The Morgan fingerprint density at radius 1 is 1.19 bits per heavy atom. The monoisotopic (exact) mass is 368 g/mol. The number of aliphatic hydroxyl groups is 1. The van der Waals surface area contributed by atoms with E-state index >= 15 is 0 Å². The van der Waals surface area contributed by atoms with Gasteiger partial charge in [-0.3, -0.25) is 19.4 Å². The molecular formula is C19H20N4O4. The Hall–Kier alpha value is -3.26. The van der Waals surface area contributed by atoms with Crippen LogP contribution in [-0.4, -0.2) is 34.4 Å². The van der Waals surface area contributed by atoms with Crippen molar-refractivity contribution >= 4 is 23.4 Å². The molecular weight excluding hydrogens is 348 g/mol. The lowest BCUT2D eigenvalue weighted by atomic mass is 9.90. The normalized spacial score (nSPS) is 15.4. The summed E-state index contributed by atoms with van der Waals surface area (Å²) in [5.74, 6) is -1.43. The van der Waals surface area contributed by atoms with Gasteiger partial charge in [-0.1, -0.05) is 18.2 Å². The molecule has 8 nitrogen and oxygen atoms in total. The Balaban J connectivity index is 1.63. The smallest absolute Gasteiger partial charge is 0.245 e. The van der Waals surface area contributed by atoms with E-state index in [4.69, 9.17) is 5.11 Å². The van der Waals surface area contributed by atoms with Crippen LogP contribution in [0, 0.1) is 0 Å². The number of benzene rings is 1. The molecule has 1 aliphatic heterocycles. The molecule has 1 aromatic heterocycles. The Morgan fingerprint density at radius 2 is 2.00 bits per heavy atom. The number of carbonyl (C=O) groups excluding carboxylic acids is 3. The Labute approximate surface area is 156 Å². The van der Waals surface area contributed by atoms with Gasteiger partial charge in [0.1, 0.15) is 6.61 Å². The van der Waals surface area contributed by atoms with Crippen molar-refractivity contribution in [3.63, 3.8) is 0 Å². The van der Waals surface area contributed by atoms with Crippen molar-refractivity contribution in [2.45, 2.75) is 25.4 Å². The van der Waals surface area contributed by atoms with Crippen molar-refractivity contribution in [2.24, 2.45) is 0 Å². The van der Waals surface area contributed by atoms with Crippen LogP contribution < -0.4 is 16.0 Å². The van der Waals surface area contributed by atoms with Crippen LogP contribution in [0.15, 0.2) is 42.6 Å². The van der Waals surface area contributed by atoms with Gasteiger partial charge in [0.2, 0.25) is 17.7 Å². The van der Waals surface area contributed by atoms with Crippen LogP contribution in [-0.2, 0) is 27.5 Å². The van der Waals surface area contributed by atoms with Crippen molar-refractivity contribution in [2.75, 3.05) is 11.9 Å². The lowest BCUT2D eigenvalue weighted by Gasteiger charge is -2.24. The van der Waals surface area contributed by atoms with Crippen LogP contribution >= 0.6 is 0 Å². The van der Waals surface area contributed by atoms with Crippen molar-refractivity contribution in [3.8, 4) is 0 Å². The molecule has 3 amide bonds. The Morgan fingerprint density at radius 3 is 2.81 bits per heavy atom. The molecule has 0 saturated carbocycles. The summed E-state index contributed by atoms with van der Waals surface area (Å²) in [6.45, 7) is -0.0929. The largest absolute Gasteiger partial charge is 0.387 e. The van der Waals surface area contributed by atoms with E-state index in [-0.39, 0.29) is 31.3 Å². The zero-order valence-corrected chi connectivity index (χ0v) is 14.6. The molecule has 140 valence electrons. The minimum absolute atomic E-state index is 0.101. The first kappa shape index (κ1) is 18.5. The number of hydrogen-bond acceptors (Lipinski definition) is 5. The van der Waals surface area contributed by atoms with Gasteiger partial charge in [0.05, 0.1) is 18.2 Å². The fourth-order valence-electron chi connectivity index (χ4n) is 2.94. The minimum atomic E-state index is -0.565. The van der Waals surface area contributed by atoms with Crippen molar-refractivity contribution < 1.29 is 19.5 Å². The number of pyridine rings is 1. The molecule has 3 rings (SSSR count). The van der Waals surface area contributed by atoms with Gasteiger partial charge in [-0.05, 0) is 29.3 Å². The number of amides is 3.